The standard InChI is InChI=1S/5Bi.19NO3/c;;;;;19*2-1(3)4/q5*+3;19*-1. The van der Waals surface area contributed by atoms with Crippen LogP contribution in [0.2, 0.25) is 0 Å². The molecule has 0 aliphatic carbocycles. The molecule has 0 amide bonds. The quantitative estimate of drug-likeness (QED) is 0.124. The minimum Gasteiger partial charge on any atom is -0.356 e. The van der Waals surface area contributed by atoms with Crippen molar-refractivity contribution in [2.45, 2.75) is 0 Å². The van der Waals surface area contributed by atoms with Crippen LogP contribution in [0.1, 0.15) is 0 Å². The van der Waals surface area contributed by atoms with Crippen molar-refractivity contribution < 1.29 is 96.6 Å². The van der Waals surface area contributed by atoms with Crippen LogP contribution < -0.4 is 0 Å². The molecule has 76 nitrogen and oxygen atoms in total. The van der Waals surface area contributed by atoms with Gasteiger partial charge in [0.1, 0.15) is 0 Å². The fourth-order valence-electron chi connectivity index (χ4n) is 0. The van der Waals surface area contributed by atoms with Gasteiger partial charge in [-0.1, -0.05) is 0 Å². The zero-order chi connectivity index (χ0) is 68.0. The van der Waals surface area contributed by atoms with Crippen LogP contribution in [0, 0.1) is 291 Å². The van der Waals surface area contributed by atoms with Crippen LogP contribution in [0.5, 0.6) is 0 Å². The summed E-state index contributed by atoms with van der Waals surface area (Å²) in [6, 6.07) is 0. The van der Waals surface area contributed by atoms with Gasteiger partial charge in [-0.05, 0) is 0 Å². The van der Waals surface area contributed by atoms with E-state index in [4.69, 9.17) is 291 Å². The molecule has 0 aromatic heterocycles. The summed E-state index contributed by atoms with van der Waals surface area (Å²) in [5.74, 6) is 0. The molecule has 0 bridgehead atoms. The van der Waals surface area contributed by atoms with Crippen molar-refractivity contribution in [2.75, 3.05) is 0 Å². The molecule has 0 saturated carbocycles. The van der Waals surface area contributed by atoms with Gasteiger partial charge in [0, 0.05) is 0 Å². The second-order valence-electron chi connectivity index (χ2n) is 4.25. The largest absolute Gasteiger partial charge is 3.00 e. The van der Waals surface area contributed by atoms with Crippen molar-refractivity contribution in [3.63, 3.8) is 0 Å². The van der Waals surface area contributed by atoms with Gasteiger partial charge in [0.05, 0.1) is 96.6 Å². The van der Waals surface area contributed by atoms with Gasteiger partial charge in [0.2, 0.25) is 0 Å². The van der Waals surface area contributed by atoms with E-state index in [2.05, 4.69) is 0 Å². The van der Waals surface area contributed by atoms with Crippen LogP contribution in [-0.4, -0.2) is 228 Å². The van der Waals surface area contributed by atoms with Gasteiger partial charge in [-0.2, -0.15) is 0 Å². The zero-order valence-corrected chi connectivity index (χ0v) is 51.4. The molecule has 0 atom stereocenters. The summed E-state index contributed by atoms with van der Waals surface area (Å²) in [5, 5.41) is 280. The van der Waals surface area contributed by atoms with Crippen LogP contribution in [0.25, 0.3) is 0 Å². The molecule has 81 heavy (non-hydrogen) atoms. The van der Waals surface area contributed by atoms with E-state index in [0.29, 0.717) is 0 Å². The van der Waals surface area contributed by atoms with Gasteiger partial charge in [0.25, 0.3) is 0 Å². The van der Waals surface area contributed by atoms with E-state index in [1.54, 1.807) is 0 Å². The Hall–Kier alpha value is -10.8. The van der Waals surface area contributed by atoms with E-state index in [1.165, 1.54) is 0 Å². The summed E-state index contributed by atoms with van der Waals surface area (Å²) in [6.07, 6.45) is 0. The fourth-order valence-corrected chi connectivity index (χ4v) is 0. The molecule has 0 fully saturated rings. The molecule has 0 unspecified atom stereocenters. The number of hydrogen-bond acceptors (Lipinski definition) is 57. The molecule has 0 N–H and O–H groups in total. The molecule has 10 radical (unpaired) electrons. The first-order valence-electron chi connectivity index (χ1n) is 10.4. The monoisotopic (exact) mass is 2220 g/mol. The second kappa shape index (κ2) is 151. The Kier molecular flexibility index (Phi) is 293. The average molecular weight is 2220 g/mol. The Morgan fingerprint density at radius 3 is 0.0864 bits per heavy atom. The van der Waals surface area contributed by atoms with E-state index in [1.807, 2.05) is 0 Å². The summed E-state index contributed by atoms with van der Waals surface area (Å²) < 4.78 is 0. The van der Waals surface area contributed by atoms with Crippen molar-refractivity contribution in [2.24, 2.45) is 0 Å². The van der Waals surface area contributed by atoms with E-state index >= 15 is 0 Å². The van der Waals surface area contributed by atoms with E-state index in [-0.39, 0.29) is 131 Å². The molecule has 0 aromatic carbocycles. The summed E-state index contributed by atoms with van der Waals surface area (Å²) in [4.78, 5) is 157. The van der Waals surface area contributed by atoms with Crippen LogP contribution in [0.3, 0.4) is 0 Å². The Bertz CT molecular complexity index is 1010. The first-order valence-corrected chi connectivity index (χ1v) is 10.4. The van der Waals surface area contributed by atoms with Gasteiger partial charge < -0.3 is 291 Å². The minimum atomic E-state index is -1.75. The Morgan fingerprint density at radius 2 is 0.0864 bits per heavy atom. The molecular formula is Bi5N19O57-4. The fraction of sp³-hybridized carbons (Fsp3) is 0. The summed E-state index contributed by atoms with van der Waals surface area (Å²) in [5.41, 5.74) is 0. The average Bonchev–Trinajstić information content (AvgIpc) is 2.95. The van der Waals surface area contributed by atoms with Crippen molar-refractivity contribution in [1.29, 1.82) is 0 Å². The normalized spacial score (nSPS) is 5.63. The Labute approximate surface area is 515 Å². The first kappa shape index (κ1) is 157. The molecule has 0 aromatic rings. The van der Waals surface area contributed by atoms with E-state index in [0.717, 1.165) is 0 Å². The predicted molar refractivity (Wildman–Crippen MR) is 226 cm³/mol. The third-order valence-electron chi connectivity index (χ3n) is 0. The Balaban J connectivity index is -0.0000000192. The van der Waals surface area contributed by atoms with Gasteiger partial charge in [0.15, 0.2) is 0 Å². The molecule has 466 valence electrons. The predicted octanol–water partition coefficient (Wildman–Crippen LogP) is -6.45. The molecule has 81 heteroatoms. The van der Waals surface area contributed by atoms with Crippen LogP contribution in [-0.2, 0) is 0 Å². The van der Waals surface area contributed by atoms with Crippen LogP contribution >= 0.6 is 0 Å². The SMILES string of the molecule is O=[N+]([O-])[O-].O=[N+]([O-])[O-].O=[N+]([O-])[O-].O=[N+]([O-])[O-].O=[N+]([O-])[O-].O=[N+]([O-])[O-].O=[N+]([O-])[O-].O=[N+]([O-])[O-].O=[N+]([O-])[O-].O=[N+]([O-])[O-].O=[N+]([O-])[O-].O=[N+]([O-])[O-].O=[N+]([O-])[O-].O=[N+]([O-])[O-].O=[N+]([O-])[O-].O=[N+]([O-])[O-].O=[N+]([O-])[O-].O=[N+]([O-])[O-].O=[N+]([O-])[O-].[Bi+3].[Bi+3].[Bi+3].[Bi+3].[Bi+3]. The molecule has 0 heterocycles. The summed E-state index contributed by atoms with van der Waals surface area (Å²) in [6.45, 7) is 0. The maximum Gasteiger partial charge on any atom is 3.00 e. The topological polar surface area (TPSA) is 1260 Å². The number of nitrogens with zero attached hydrogens (tertiary/aromatic N) is 19. The van der Waals surface area contributed by atoms with Crippen molar-refractivity contribution in [3.05, 3.63) is 291 Å². The van der Waals surface area contributed by atoms with Gasteiger partial charge in [-0.15, -0.1) is 0 Å². The van der Waals surface area contributed by atoms with Gasteiger partial charge >= 0.3 is 131 Å². The molecule has 0 spiro atoms. The van der Waals surface area contributed by atoms with Crippen LogP contribution in [0.15, 0.2) is 0 Å². The van der Waals surface area contributed by atoms with Crippen molar-refractivity contribution in [3.8, 4) is 0 Å². The first-order chi connectivity index (χ1) is 32.9. The molecule has 0 aliphatic heterocycles. The van der Waals surface area contributed by atoms with Crippen LogP contribution in [0.4, 0.5) is 0 Å². The maximum absolute atomic E-state index is 8.25. The van der Waals surface area contributed by atoms with Crippen molar-refractivity contribution in [1.82, 2.24) is 0 Å². The zero-order valence-electron chi connectivity index (χ0n) is 34.0. The van der Waals surface area contributed by atoms with Crippen molar-refractivity contribution >= 4 is 131 Å². The number of rotatable bonds is 0. The third kappa shape index (κ3) is 2690. The van der Waals surface area contributed by atoms with Gasteiger partial charge in [-0.25, -0.2) is 0 Å². The smallest absolute Gasteiger partial charge is 0.356 e. The van der Waals surface area contributed by atoms with E-state index < -0.39 is 96.6 Å². The van der Waals surface area contributed by atoms with E-state index in [9.17, 15) is 0 Å². The third-order valence-corrected chi connectivity index (χ3v) is 0. The maximum atomic E-state index is 8.25. The molecule has 0 saturated heterocycles. The Morgan fingerprint density at radius 1 is 0.0864 bits per heavy atom. The molecule has 0 rings (SSSR count). The summed E-state index contributed by atoms with van der Waals surface area (Å²) >= 11 is 0. The minimum absolute atomic E-state index is 0. The molecule has 0 aliphatic rings. The number of hydrogen-bond donors (Lipinski definition) is 0. The second-order valence-corrected chi connectivity index (χ2v) is 4.25. The summed E-state index contributed by atoms with van der Waals surface area (Å²) in [7, 11) is 0. The molecular weight excluding hydrogens is 2220 g/mol. The van der Waals surface area contributed by atoms with Gasteiger partial charge in [-0.3, -0.25) is 0 Å².